The minimum atomic E-state index is 0.139. The second-order valence-corrected chi connectivity index (χ2v) is 3.81. The van der Waals surface area contributed by atoms with Gasteiger partial charge in [-0.2, -0.15) is 0 Å². The van der Waals surface area contributed by atoms with Crippen LogP contribution in [-0.4, -0.2) is 29.7 Å². The monoisotopic (exact) mass is 183 g/mol. The molecule has 0 N–H and O–H groups in total. The molecule has 1 aliphatic rings. The second-order valence-electron chi connectivity index (χ2n) is 3.81. The number of piperidine rings is 1. The minimum Gasteiger partial charge on any atom is -0.335 e. The van der Waals surface area contributed by atoms with Crippen molar-refractivity contribution in [3.05, 3.63) is 0 Å². The molecule has 0 saturated carbocycles. The summed E-state index contributed by atoms with van der Waals surface area (Å²) in [5.74, 6) is 0.781. The van der Waals surface area contributed by atoms with Gasteiger partial charge < -0.3 is 4.90 Å². The average molecular weight is 183 g/mol. The molecular weight excluding hydrogens is 166 g/mol. The predicted octanol–water partition coefficient (Wildman–Crippen LogP) is 1.22. The van der Waals surface area contributed by atoms with Crippen molar-refractivity contribution >= 4 is 11.7 Å². The summed E-state index contributed by atoms with van der Waals surface area (Å²) in [4.78, 5) is 24.2. The molecule has 13 heavy (non-hydrogen) atoms. The molecule has 0 aromatic carbocycles. The first-order valence-corrected chi connectivity index (χ1v) is 4.93. The highest BCUT2D eigenvalue weighted by molar-refractivity contribution is 5.86. The molecule has 1 unspecified atom stereocenters. The molecule has 74 valence electrons. The quantitative estimate of drug-likeness (QED) is 0.659. The number of likely N-dealkylation sites (tertiary alicyclic amines) is 1. The lowest BCUT2D eigenvalue weighted by atomic mass is 9.98. The summed E-state index contributed by atoms with van der Waals surface area (Å²) in [5, 5.41) is 0. The predicted molar refractivity (Wildman–Crippen MR) is 50.3 cm³/mol. The molecule has 1 atom stereocenters. The number of Topliss-reactive ketones (excluding diaryl/α,β-unsaturated/α-hetero) is 1. The van der Waals surface area contributed by atoms with E-state index in [4.69, 9.17) is 0 Å². The van der Waals surface area contributed by atoms with Gasteiger partial charge in [0.05, 0.1) is 6.54 Å². The number of nitrogens with zero attached hydrogens (tertiary/aromatic N) is 1. The number of rotatable bonds is 3. The van der Waals surface area contributed by atoms with Crippen molar-refractivity contribution in [2.75, 3.05) is 13.1 Å². The third kappa shape index (κ3) is 2.83. The zero-order valence-corrected chi connectivity index (χ0v) is 8.38. The van der Waals surface area contributed by atoms with Gasteiger partial charge in [0.25, 0.3) is 0 Å². The molecule has 0 spiro atoms. The van der Waals surface area contributed by atoms with E-state index >= 15 is 0 Å². The molecule has 0 aromatic heterocycles. The minimum absolute atomic E-state index is 0.139. The van der Waals surface area contributed by atoms with E-state index in [0.29, 0.717) is 25.3 Å². The Bertz CT molecular complexity index is 213. The Balaban J connectivity index is 2.42. The van der Waals surface area contributed by atoms with Gasteiger partial charge in [0.1, 0.15) is 0 Å². The van der Waals surface area contributed by atoms with Gasteiger partial charge in [-0.3, -0.25) is 9.59 Å². The molecule has 0 aliphatic carbocycles. The lowest BCUT2D eigenvalue weighted by molar-refractivity contribution is -0.138. The molecule has 0 radical (unpaired) electrons. The van der Waals surface area contributed by atoms with Crippen molar-refractivity contribution in [3.63, 3.8) is 0 Å². The summed E-state index contributed by atoms with van der Waals surface area (Å²) < 4.78 is 0. The van der Waals surface area contributed by atoms with Crippen molar-refractivity contribution in [1.82, 2.24) is 4.90 Å². The summed E-state index contributed by atoms with van der Waals surface area (Å²) in [5.41, 5.74) is 0. The van der Waals surface area contributed by atoms with Crippen LogP contribution in [0, 0.1) is 5.92 Å². The van der Waals surface area contributed by atoms with Crippen LogP contribution in [0.4, 0.5) is 0 Å². The summed E-state index contributed by atoms with van der Waals surface area (Å²) in [6.45, 7) is 4.99. The summed E-state index contributed by atoms with van der Waals surface area (Å²) >= 11 is 0. The normalized spacial score (nSPS) is 23.4. The summed E-state index contributed by atoms with van der Waals surface area (Å²) in [6, 6.07) is 0. The molecule has 1 saturated heterocycles. The maximum atomic E-state index is 11.4. The number of ketones is 1. The lowest BCUT2D eigenvalue weighted by Crippen LogP contribution is -2.41. The molecule has 0 bridgehead atoms. The molecule has 1 fully saturated rings. The van der Waals surface area contributed by atoms with E-state index in [0.717, 1.165) is 13.0 Å². The van der Waals surface area contributed by atoms with E-state index < -0.39 is 0 Å². The molecule has 1 rings (SSSR count). The first-order chi connectivity index (χ1) is 6.13. The van der Waals surface area contributed by atoms with E-state index in [1.165, 1.54) is 0 Å². The Kier molecular flexibility index (Phi) is 3.46. The summed E-state index contributed by atoms with van der Waals surface area (Å²) in [7, 11) is 0. The van der Waals surface area contributed by atoms with Crippen LogP contribution >= 0.6 is 0 Å². The fraction of sp³-hybridized carbons (Fsp3) is 0.800. The van der Waals surface area contributed by atoms with Crippen LogP contribution in [0.5, 0.6) is 0 Å². The molecule has 1 aliphatic heterocycles. The van der Waals surface area contributed by atoms with E-state index in [1.54, 1.807) is 4.90 Å². The first kappa shape index (κ1) is 10.2. The van der Waals surface area contributed by atoms with Gasteiger partial charge in [-0.05, 0) is 12.3 Å². The number of hydrogen-bond acceptors (Lipinski definition) is 2. The zero-order valence-electron chi connectivity index (χ0n) is 8.38. The Morgan fingerprint density at radius 3 is 2.85 bits per heavy atom. The first-order valence-electron chi connectivity index (χ1n) is 4.93. The molecular formula is C10H17NO2. The molecule has 3 heteroatoms. The van der Waals surface area contributed by atoms with E-state index in [1.807, 2.05) is 6.92 Å². The van der Waals surface area contributed by atoms with Crippen LogP contribution in [-0.2, 0) is 9.59 Å². The summed E-state index contributed by atoms with van der Waals surface area (Å²) in [6.07, 6.45) is 2.17. The Hall–Kier alpha value is -0.860. The number of carbonyl (C=O) groups is 2. The van der Waals surface area contributed by atoms with Crippen LogP contribution in [0.1, 0.15) is 33.1 Å². The van der Waals surface area contributed by atoms with Crippen molar-refractivity contribution in [2.45, 2.75) is 33.1 Å². The Labute approximate surface area is 79.1 Å². The van der Waals surface area contributed by atoms with Crippen molar-refractivity contribution < 1.29 is 9.59 Å². The highest BCUT2D eigenvalue weighted by Crippen LogP contribution is 2.16. The van der Waals surface area contributed by atoms with Gasteiger partial charge in [0.15, 0.2) is 5.78 Å². The maximum absolute atomic E-state index is 11.4. The second kappa shape index (κ2) is 4.40. The van der Waals surface area contributed by atoms with Gasteiger partial charge in [-0.15, -0.1) is 0 Å². The molecule has 3 nitrogen and oxygen atoms in total. The standard InChI is InChI=1S/C10H17NO2/c1-3-9(12)7-11-5-4-8(2)6-10(11)13/h8H,3-7H2,1-2H3. The van der Waals surface area contributed by atoms with Gasteiger partial charge in [-0.25, -0.2) is 0 Å². The van der Waals surface area contributed by atoms with Crippen LogP contribution in [0.2, 0.25) is 0 Å². The largest absolute Gasteiger partial charge is 0.335 e. The van der Waals surface area contributed by atoms with Gasteiger partial charge in [0.2, 0.25) is 5.91 Å². The Morgan fingerprint density at radius 1 is 1.62 bits per heavy atom. The molecule has 1 amide bonds. The molecule has 1 heterocycles. The van der Waals surface area contributed by atoms with Crippen molar-refractivity contribution in [2.24, 2.45) is 5.92 Å². The highest BCUT2D eigenvalue weighted by Gasteiger charge is 2.23. The van der Waals surface area contributed by atoms with Crippen molar-refractivity contribution in [3.8, 4) is 0 Å². The Morgan fingerprint density at radius 2 is 2.31 bits per heavy atom. The van der Waals surface area contributed by atoms with E-state index in [9.17, 15) is 9.59 Å². The topological polar surface area (TPSA) is 37.4 Å². The van der Waals surface area contributed by atoms with E-state index in [-0.39, 0.29) is 11.7 Å². The smallest absolute Gasteiger partial charge is 0.223 e. The number of hydrogen-bond donors (Lipinski definition) is 0. The zero-order chi connectivity index (χ0) is 9.84. The van der Waals surface area contributed by atoms with Gasteiger partial charge in [-0.1, -0.05) is 13.8 Å². The number of amides is 1. The van der Waals surface area contributed by atoms with Crippen LogP contribution in [0.15, 0.2) is 0 Å². The molecule has 0 aromatic rings. The fourth-order valence-corrected chi connectivity index (χ4v) is 1.52. The maximum Gasteiger partial charge on any atom is 0.223 e. The van der Waals surface area contributed by atoms with Gasteiger partial charge >= 0.3 is 0 Å². The number of carbonyl (C=O) groups excluding carboxylic acids is 2. The third-order valence-electron chi connectivity index (χ3n) is 2.53. The average Bonchev–Trinajstić information content (AvgIpc) is 2.09. The van der Waals surface area contributed by atoms with Crippen LogP contribution in [0.25, 0.3) is 0 Å². The SMILES string of the molecule is CCC(=O)CN1CCC(C)CC1=O. The van der Waals surface area contributed by atoms with E-state index in [2.05, 4.69) is 6.92 Å². The van der Waals surface area contributed by atoms with Gasteiger partial charge in [0, 0.05) is 19.4 Å². The third-order valence-corrected chi connectivity index (χ3v) is 2.53. The fourth-order valence-electron chi connectivity index (χ4n) is 1.52. The van der Waals surface area contributed by atoms with Crippen molar-refractivity contribution in [1.29, 1.82) is 0 Å². The van der Waals surface area contributed by atoms with Crippen LogP contribution in [0.3, 0.4) is 0 Å². The van der Waals surface area contributed by atoms with Crippen LogP contribution < -0.4 is 0 Å². The highest BCUT2D eigenvalue weighted by atomic mass is 16.2. The lowest BCUT2D eigenvalue weighted by Gasteiger charge is -2.29.